The monoisotopic (exact) mass is 316 g/mol. The SMILES string of the molecule is CN=C(NCCCN1CCC(C)CC1)NCc1cccc(C)c1. The molecular formula is C19H32N4. The van der Waals surface area contributed by atoms with Crippen LogP contribution in [0.3, 0.4) is 0 Å². The molecule has 0 spiro atoms. The first-order valence-corrected chi connectivity index (χ1v) is 8.90. The second kappa shape index (κ2) is 9.56. The first-order valence-electron chi connectivity index (χ1n) is 8.90. The molecule has 0 unspecified atom stereocenters. The molecule has 0 aromatic heterocycles. The molecule has 0 aliphatic carbocycles. The van der Waals surface area contributed by atoms with E-state index in [1.165, 1.54) is 50.0 Å². The van der Waals surface area contributed by atoms with Gasteiger partial charge in [0.1, 0.15) is 0 Å². The molecule has 23 heavy (non-hydrogen) atoms. The second-order valence-corrected chi connectivity index (χ2v) is 6.72. The fourth-order valence-electron chi connectivity index (χ4n) is 3.02. The van der Waals surface area contributed by atoms with Crippen LogP contribution in [-0.4, -0.2) is 44.1 Å². The Labute approximate surface area is 141 Å². The minimum absolute atomic E-state index is 0.811. The summed E-state index contributed by atoms with van der Waals surface area (Å²) in [7, 11) is 1.83. The van der Waals surface area contributed by atoms with Crippen LogP contribution in [0.25, 0.3) is 0 Å². The highest BCUT2D eigenvalue weighted by molar-refractivity contribution is 5.79. The predicted octanol–water partition coefficient (Wildman–Crippen LogP) is 2.78. The van der Waals surface area contributed by atoms with Crippen molar-refractivity contribution in [3.63, 3.8) is 0 Å². The molecule has 128 valence electrons. The van der Waals surface area contributed by atoms with Crippen LogP contribution in [0.4, 0.5) is 0 Å². The number of hydrogen-bond acceptors (Lipinski definition) is 2. The molecule has 0 saturated carbocycles. The molecule has 2 N–H and O–H groups in total. The lowest BCUT2D eigenvalue weighted by atomic mass is 9.99. The van der Waals surface area contributed by atoms with Gasteiger partial charge in [-0.15, -0.1) is 0 Å². The molecule has 1 heterocycles. The lowest BCUT2D eigenvalue weighted by Crippen LogP contribution is -2.39. The van der Waals surface area contributed by atoms with Crippen LogP contribution in [0, 0.1) is 12.8 Å². The molecule has 0 bridgehead atoms. The Balaban J connectivity index is 1.61. The summed E-state index contributed by atoms with van der Waals surface area (Å²) in [6, 6.07) is 8.57. The van der Waals surface area contributed by atoms with E-state index in [-0.39, 0.29) is 0 Å². The summed E-state index contributed by atoms with van der Waals surface area (Å²) in [5, 5.41) is 6.80. The van der Waals surface area contributed by atoms with E-state index in [0.717, 1.165) is 25.0 Å². The Morgan fingerprint density at radius 3 is 2.74 bits per heavy atom. The molecule has 1 fully saturated rings. The van der Waals surface area contributed by atoms with Crippen LogP contribution in [0.5, 0.6) is 0 Å². The van der Waals surface area contributed by atoms with Crippen molar-refractivity contribution in [1.29, 1.82) is 0 Å². The van der Waals surface area contributed by atoms with Crippen molar-refractivity contribution in [2.24, 2.45) is 10.9 Å². The largest absolute Gasteiger partial charge is 0.356 e. The molecule has 1 aliphatic rings. The Kier molecular flexibility index (Phi) is 7.40. The minimum atomic E-state index is 0.811. The van der Waals surface area contributed by atoms with Gasteiger partial charge in [-0.1, -0.05) is 36.8 Å². The fraction of sp³-hybridized carbons (Fsp3) is 0.632. The number of rotatable bonds is 6. The highest BCUT2D eigenvalue weighted by Gasteiger charge is 2.14. The van der Waals surface area contributed by atoms with Crippen LogP contribution in [0.15, 0.2) is 29.3 Å². The standard InChI is InChI=1S/C19H32N4/c1-16-8-12-23(13-9-16)11-5-10-21-19(20-3)22-15-18-7-4-6-17(2)14-18/h4,6-7,14,16H,5,8-13,15H2,1-3H3,(H2,20,21,22). The molecule has 0 radical (unpaired) electrons. The van der Waals surface area contributed by atoms with Gasteiger partial charge in [-0.3, -0.25) is 4.99 Å². The Bertz CT molecular complexity index is 490. The molecule has 2 rings (SSSR count). The van der Waals surface area contributed by atoms with Gasteiger partial charge in [0.05, 0.1) is 0 Å². The number of aliphatic imine (C=N–C) groups is 1. The third-order valence-electron chi connectivity index (χ3n) is 4.59. The third-order valence-corrected chi connectivity index (χ3v) is 4.59. The molecular weight excluding hydrogens is 284 g/mol. The number of nitrogens with one attached hydrogen (secondary N) is 2. The highest BCUT2D eigenvalue weighted by atomic mass is 15.2. The quantitative estimate of drug-likeness (QED) is 0.482. The smallest absolute Gasteiger partial charge is 0.191 e. The van der Waals surface area contributed by atoms with Gasteiger partial charge in [-0.25, -0.2) is 0 Å². The van der Waals surface area contributed by atoms with Crippen LogP contribution >= 0.6 is 0 Å². The molecule has 0 amide bonds. The van der Waals surface area contributed by atoms with Gasteiger partial charge in [0.25, 0.3) is 0 Å². The van der Waals surface area contributed by atoms with Crippen molar-refractivity contribution in [1.82, 2.24) is 15.5 Å². The third kappa shape index (κ3) is 6.61. The fourth-order valence-corrected chi connectivity index (χ4v) is 3.02. The Hall–Kier alpha value is -1.55. The van der Waals surface area contributed by atoms with Gasteiger partial charge in [0.15, 0.2) is 5.96 Å². The number of hydrogen-bond donors (Lipinski definition) is 2. The summed E-state index contributed by atoms with van der Waals surface area (Å²) in [6.45, 7) is 9.99. The van der Waals surface area contributed by atoms with E-state index in [1.54, 1.807) is 0 Å². The van der Waals surface area contributed by atoms with E-state index < -0.39 is 0 Å². The number of aryl methyl sites for hydroxylation is 1. The van der Waals surface area contributed by atoms with E-state index in [2.05, 4.69) is 58.6 Å². The maximum Gasteiger partial charge on any atom is 0.191 e. The summed E-state index contributed by atoms with van der Waals surface area (Å²) >= 11 is 0. The first-order chi connectivity index (χ1) is 11.2. The van der Waals surface area contributed by atoms with E-state index in [4.69, 9.17) is 0 Å². The van der Waals surface area contributed by atoms with Gasteiger partial charge in [-0.05, 0) is 57.3 Å². The molecule has 1 saturated heterocycles. The van der Waals surface area contributed by atoms with Crippen molar-refractivity contribution in [3.8, 4) is 0 Å². The summed E-state index contributed by atoms with van der Waals surface area (Å²) in [5.74, 6) is 1.80. The van der Waals surface area contributed by atoms with Gasteiger partial charge >= 0.3 is 0 Å². The lowest BCUT2D eigenvalue weighted by Gasteiger charge is -2.30. The molecule has 4 heteroatoms. The lowest BCUT2D eigenvalue weighted by molar-refractivity contribution is 0.191. The topological polar surface area (TPSA) is 39.7 Å². The number of guanidine groups is 1. The number of benzene rings is 1. The normalized spacial score (nSPS) is 17.3. The van der Waals surface area contributed by atoms with Crippen molar-refractivity contribution in [2.45, 2.75) is 39.7 Å². The number of likely N-dealkylation sites (tertiary alicyclic amines) is 1. The average molecular weight is 316 g/mol. The van der Waals surface area contributed by atoms with Crippen molar-refractivity contribution >= 4 is 5.96 Å². The zero-order valence-corrected chi connectivity index (χ0v) is 14.9. The van der Waals surface area contributed by atoms with E-state index in [9.17, 15) is 0 Å². The maximum atomic E-state index is 4.30. The number of piperidine rings is 1. The number of nitrogens with zero attached hydrogens (tertiary/aromatic N) is 2. The molecule has 4 nitrogen and oxygen atoms in total. The first kappa shape index (κ1) is 17.8. The molecule has 1 aromatic carbocycles. The molecule has 0 atom stereocenters. The van der Waals surface area contributed by atoms with Crippen molar-refractivity contribution in [3.05, 3.63) is 35.4 Å². The zero-order chi connectivity index (χ0) is 16.5. The Morgan fingerprint density at radius 2 is 2.04 bits per heavy atom. The van der Waals surface area contributed by atoms with Crippen molar-refractivity contribution in [2.75, 3.05) is 33.2 Å². The zero-order valence-electron chi connectivity index (χ0n) is 14.9. The Morgan fingerprint density at radius 1 is 1.26 bits per heavy atom. The summed E-state index contributed by atoms with van der Waals surface area (Å²) in [4.78, 5) is 6.89. The summed E-state index contributed by atoms with van der Waals surface area (Å²) in [6.07, 6.45) is 3.87. The van der Waals surface area contributed by atoms with E-state index in [0.29, 0.717) is 0 Å². The second-order valence-electron chi connectivity index (χ2n) is 6.72. The summed E-state index contributed by atoms with van der Waals surface area (Å²) in [5.41, 5.74) is 2.58. The van der Waals surface area contributed by atoms with Crippen LogP contribution < -0.4 is 10.6 Å². The maximum absolute atomic E-state index is 4.30. The summed E-state index contributed by atoms with van der Waals surface area (Å²) < 4.78 is 0. The van der Waals surface area contributed by atoms with Gasteiger partial charge in [-0.2, -0.15) is 0 Å². The minimum Gasteiger partial charge on any atom is -0.356 e. The van der Waals surface area contributed by atoms with Gasteiger partial charge in [0, 0.05) is 20.1 Å². The van der Waals surface area contributed by atoms with Crippen LogP contribution in [-0.2, 0) is 6.54 Å². The van der Waals surface area contributed by atoms with E-state index in [1.807, 2.05) is 7.05 Å². The van der Waals surface area contributed by atoms with Gasteiger partial charge < -0.3 is 15.5 Å². The van der Waals surface area contributed by atoms with Crippen LogP contribution in [0.1, 0.15) is 37.3 Å². The van der Waals surface area contributed by atoms with Gasteiger partial charge in [0.2, 0.25) is 0 Å². The average Bonchev–Trinajstić information content (AvgIpc) is 2.56. The van der Waals surface area contributed by atoms with Crippen LogP contribution in [0.2, 0.25) is 0 Å². The predicted molar refractivity (Wildman–Crippen MR) is 98.8 cm³/mol. The van der Waals surface area contributed by atoms with E-state index >= 15 is 0 Å². The highest BCUT2D eigenvalue weighted by Crippen LogP contribution is 2.15. The molecule has 1 aromatic rings. The molecule has 1 aliphatic heterocycles. The van der Waals surface area contributed by atoms with Crippen molar-refractivity contribution < 1.29 is 0 Å².